The number of anilines is 1. The maximum Gasteiger partial charge on any atom is 1.00 e. The number of aromatic carboxylic acids is 1. The molecule has 0 aliphatic rings. The predicted octanol–water partition coefficient (Wildman–Crippen LogP) is 1.88. The fourth-order valence-electron chi connectivity index (χ4n) is 3.06. The SMILES string of the molecule is O=C(Nc1cc(-c2ccccc2)ccc1C(=O)O)c1ccc(-c2ccncc2)nc1.[H-].[Na+]. The second kappa shape index (κ2) is 10.1. The van der Waals surface area contributed by atoms with Gasteiger partial charge in [-0.1, -0.05) is 36.4 Å². The Morgan fingerprint density at radius 2 is 1.58 bits per heavy atom. The van der Waals surface area contributed by atoms with E-state index in [9.17, 15) is 14.7 Å². The van der Waals surface area contributed by atoms with Crippen LogP contribution in [0.4, 0.5) is 5.69 Å². The Morgan fingerprint density at radius 3 is 2.23 bits per heavy atom. The summed E-state index contributed by atoms with van der Waals surface area (Å²) in [7, 11) is 0. The number of rotatable bonds is 5. The maximum atomic E-state index is 12.7. The molecule has 0 atom stereocenters. The molecule has 2 aromatic heterocycles. The number of carbonyl (C=O) groups is 2. The number of nitrogens with zero attached hydrogens (tertiary/aromatic N) is 2. The number of aromatic nitrogens is 2. The van der Waals surface area contributed by atoms with E-state index in [1.165, 1.54) is 12.3 Å². The van der Waals surface area contributed by atoms with Crippen molar-refractivity contribution < 1.29 is 45.7 Å². The molecule has 0 bridgehead atoms. The molecule has 0 spiro atoms. The van der Waals surface area contributed by atoms with Crippen molar-refractivity contribution in [3.8, 4) is 22.4 Å². The largest absolute Gasteiger partial charge is 1.00 e. The Balaban J connectivity index is 0.00000181. The van der Waals surface area contributed by atoms with Gasteiger partial charge in [-0.2, -0.15) is 0 Å². The molecule has 0 saturated carbocycles. The summed E-state index contributed by atoms with van der Waals surface area (Å²) >= 11 is 0. The summed E-state index contributed by atoms with van der Waals surface area (Å²) in [5.74, 6) is -1.55. The van der Waals surface area contributed by atoms with Crippen LogP contribution < -0.4 is 34.9 Å². The van der Waals surface area contributed by atoms with Crippen molar-refractivity contribution in [3.63, 3.8) is 0 Å². The van der Waals surface area contributed by atoms with E-state index in [1.54, 1.807) is 36.7 Å². The van der Waals surface area contributed by atoms with Gasteiger partial charge in [0.1, 0.15) is 0 Å². The Kier molecular flexibility index (Phi) is 7.31. The molecule has 0 radical (unpaired) electrons. The summed E-state index contributed by atoms with van der Waals surface area (Å²) in [5.41, 5.74) is 3.91. The molecule has 2 N–H and O–H groups in total. The third-order valence-corrected chi connectivity index (χ3v) is 4.61. The van der Waals surface area contributed by atoms with Crippen molar-refractivity contribution >= 4 is 17.6 Å². The number of carboxylic acid groups (broad SMARTS) is 1. The van der Waals surface area contributed by atoms with Gasteiger partial charge < -0.3 is 11.8 Å². The molecule has 0 aliphatic heterocycles. The van der Waals surface area contributed by atoms with E-state index in [4.69, 9.17) is 0 Å². The molecule has 6 nitrogen and oxygen atoms in total. The molecular formula is C24H18N3NaO3. The summed E-state index contributed by atoms with van der Waals surface area (Å²) in [4.78, 5) is 32.7. The third-order valence-electron chi connectivity index (χ3n) is 4.61. The smallest absolute Gasteiger partial charge is 1.00 e. The van der Waals surface area contributed by atoms with Crippen LogP contribution in [0.5, 0.6) is 0 Å². The van der Waals surface area contributed by atoms with Crippen LogP contribution >= 0.6 is 0 Å². The van der Waals surface area contributed by atoms with Crippen molar-refractivity contribution in [1.29, 1.82) is 0 Å². The number of hydrogen-bond donors (Lipinski definition) is 2. The molecule has 0 unspecified atom stereocenters. The molecule has 4 aromatic rings. The van der Waals surface area contributed by atoms with E-state index < -0.39 is 11.9 Å². The fraction of sp³-hybridized carbons (Fsp3) is 0. The Labute approximate surface area is 202 Å². The molecule has 0 aliphatic carbocycles. The number of carboxylic acids is 1. The van der Waals surface area contributed by atoms with E-state index in [-0.39, 0.29) is 42.2 Å². The quantitative estimate of drug-likeness (QED) is 0.482. The number of nitrogens with one attached hydrogen (secondary N) is 1. The van der Waals surface area contributed by atoms with Crippen molar-refractivity contribution in [2.24, 2.45) is 0 Å². The molecule has 2 aromatic carbocycles. The summed E-state index contributed by atoms with van der Waals surface area (Å²) in [6.45, 7) is 0. The summed E-state index contributed by atoms with van der Waals surface area (Å²) < 4.78 is 0. The van der Waals surface area contributed by atoms with E-state index in [2.05, 4.69) is 15.3 Å². The Morgan fingerprint density at radius 1 is 0.839 bits per heavy atom. The molecule has 0 fully saturated rings. The minimum absolute atomic E-state index is 0. The van der Waals surface area contributed by atoms with Crippen molar-refractivity contribution in [3.05, 3.63) is 103 Å². The van der Waals surface area contributed by atoms with E-state index in [1.807, 2.05) is 42.5 Å². The summed E-state index contributed by atoms with van der Waals surface area (Å²) in [6, 6.07) is 21.5. The van der Waals surface area contributed by atoms with Crippen LogP contribution in [-0.2, 0) is 0 Å². The van der Waals surface area contributed by atoms with Crippen LogP contribution in [0.3, 0.4) is 0 Å². The second-order valence-electron chi connectivity index (χ2n) is 6.55. The van der Waals surface area contributed by atoms with Gasteiger partial charge in [-0.3, -0.25) is 14.8 Å². The van der Waals surface area contributed by atoms with Crippen LogP contribution in [0.1, 0.15) is 22.1 Å². The minimum Gasteiger partial charge on any atom is -1.00 e. The first kappa shape index (κ1) is 22.4. The van der Waals surface area contributed by atoms with Crippen LogP contribution in [0.15, 0.2) is 91.4 Å². The zero-order valence-electron chi connectivity index (χ0n) is 17.8. The minimum atomic E-state index is -1.11. The monoisotopic (exact) mass is 419 g/mol. The fourth-order valence-corrected chi connectivity index (χ4v) is 3.06. The van der Waals surface area contributed by atoms with E-state index >= 15 is 0 Å². The van der Waals surface area contributed by atoms with E-state index in [0.717, 1.165) is 16.7 Å². The van der Waals surface area contributed by atoms with Gasteiger partial charge in [-0.15, -0.1) is 0 Å². The topological polar surface area (TPSA) is 92.2 Å². The molecular weight excluding hydrogens is 401 g/mol. The van der Waals surface area contributed by atoms with E-state index in [0.29, 0.717) is 11.3 Å². The Hall–Kier alpha value is -3.32. The van der Waals surface area contributed by atoms with Gasteiger partial charge in [0.15, 0.2) is 0 Å². The normalized spacial score (nSPS) is 10.1. The van der Waals surface area contributed by atoms with Gasteiger partial charge in [0.25, 0.3) is 5.91 Å². The molecule has 4 rings (SSSR count). The Bertz CT molecular complexity index is 1200. The molecule has 0 saturated heterocycles. The predicted molar refractivity (Wildman–Crippen MR) is 115 cm³/mol. The van der Waals surface area contributed by atoms with Crippen LogP contribution in [-0.4, -0.2) is 27.0 Å². The summed E-state index contributed by atoms with van der Waals surface area (Å²) in [6.07, 6.45) is 4.81. The number of benzene rings is 2. The second-order valence-corrected chi connectivity index (χ2v) is 6.55. The number of carbonyl (C=O) groups excluding carboxylic acids is 1. The maximum absolute atomic E-state index is 12.7. The standard InChI is InChI=1S/C24H17N3O3.Na.H/c28-23(19-7-9-21(26-15-19)17-10-12-25-13-11-17)27-22-14-18(6-8-20(22)24(29)30)16-4-2-1-3-5-16;;/h1-15H,(H,27,28)(H,29,30);;/q;+1;-1. The van der Waals surface area contributed by atoms with Crippen LogP contribution in [0, 0.1) is 0 Å². The number of pyridine rings is 2. The first-order valence-corrected chi connectivity index (χ1v) is 9.22. The van der Waals surface area contributed by atoms with Gasteiger partial charge in [0, 0.05) is 24.2 Å². The molecule has 31 heavy (non-hydrogen) atoms. The molecule has 2 heterocycles. The first-order chi connectivity index (χ1) is 14.6. The third kappa shape index (κ3) is 5.24. The number of hydrogen-bond acceptors (Lipinski definition) is 4. The van der Waals surface area contributed by atoms with Gasteiger partial charge in [0.2, 0.25) is 0 Å². The zero-order chi connectivity index (χ0) is 20.9. The molecule has 7 heteroatoms. The van der Waals surface area contributed by atoms with Gasteiger partial charge in [-0.05, 0) is 47.5 Å². The van der Waals surface area contributed by atoms with Gasteiger partial charge in [-0.25, -0.2) is 4.79 Å². The molecule has 148 valence electrons. The van der Waals surface area contributed by atoms with Gasteiger partial charge in [0.05, 0.1) is 22.5 Å². The average molecular weight is 419 g/mol. The average Bonchev–Trinajstić information content (AvgIpc) is 2.80. The van der Waals surface area contributed by atoms with Crippen molar-refractivity contribution in [2.75, 3.05) is 5.32 Å². The number of amides is 1. The summed E-state index contributed by atoms with van der Waals surface area (Å²) in [5, 5.41) is 12.2. The van der Waals surface area contributed by atoms with Crippen molar-refractivity contribution in [1.82, 2.24) is 9.97 Å². The van der Waals surface area contributed by atoms with Crippen LogP contribution in [0.2, 0.25) is 0 Å². The van der Waals surface area contributed by atoms with Crippen molar-refractivity contribution in [2.45, 2.75) is 0 Å². The van der Waals surface area contributed by atoms with Crippen LogP contribution in [0.25, 0.3) is 22.4 Å². The van der Waals surface area contributed by atoms with Gasteiger partial charge >= 0.3 is 35.5 Å². The first-order valence-electron chi connectivity index (χ1n) is 9.22. The molecule has 1 amide bonds. The zero-order valence-corrected chi connectivity index (χ0v) is 18.8.